The zero-order valence-corrected chi connectivity index (χ0v) is 25.6. The van der Waals surface area contributed by atoms with Crippen molar-refractivity contribution >= 4 is 11.8 Å². The molecule has 3 aliphatic rings. The predicted octanol–water partition coefficient (Wildman–Crippen LogP) is 8.38. The van der Waals surface area contributed by atoms with Gasteiger partial charge in [-0.15, -0.1) is 0 Å². The van der Waals surface area contributed by atoms with Crippen molar-refractivity contribution in [2.45, 2.75) is 108 Å². The van der Waals surface area contributed by atoms with E-state index in [0.717, 1.165) is 81.3 Å². The van der Waals surface area contributed by atoms with Crippen molar-refractivity contribution in [1.82, 2.24) is 4.90 Å². The molecule has 0 radical (unpaired) electrons. The van der Waals surface area contributed by atoms with Gasteiger partial charge in [-0.25, -0.2) is 4.39 Å². The molecule has 1 aromatic carbocycles. The van der Waals surface area contributed by atoms with Crippen molar-refractivity contribution in [2.24, 2.45) is 23.2 Å². The van der Waals surface area contributed by atoms with Crippen LogP contribution in [0.25, 0.3) is 0 Å². The molecule has 0 saturated heterocycles. The molecule has 0 bridgehead atoms. The van der Waals surface area contributed by atoms with Crippen LogP contribution in [-0.4, -0.2) is 71.1 Å². The van der Waals surface area contributed by atoms with Crippen LogP contribution in [0.15, 0.2) is 18.2 Å². The third kappa shape index (κ3) is 7.56. The van der Waals surface area contributed by atoms with Crippen LogP contribution in [0.4, 0.5) is 26.3 Å². The summed E-state index contributed by atoms with van der Waals surface area (Å²) in [7, 11) is 2.04. The lowest BCUT2D eigenvalue weighted by molar-refractivity contribution is -0.284. The van der Waals surface area contributed by atoms with Crippen LogP contribution in [0.5, 0.6) is 5.75 Å². The van der Waals surface area contributed by atoms with Crippen molar-refractivity contribution in [3.05, 3.63) is 29.3 Å². The molecule has 2 N–H and O–H groups in total. The van der Waals surface area contributed by atoms with E-state index in [-0.39, 0.29) is 29.4 Å². The minimum Gasteiger partial charge on any atom is -0.508 e. The fourth-order valence-electron chi connectivity index (χ4n) is 8.19. The number of nitrogens with zero attached hydrogens (tertiary/aromatic N) is 1. The molecule has 3 unspecified atom stereocenters. The summed E-state index contributed by atoms with van der Waals surface area (Å²) in [5, 5.41) is 20.9. The van der Waals surface area contributed by atoms with E-state index in [2.05, 4.69) is 11.8 Å². The topological polar surface area (TPSA) is 43.7 Å². The molecule has 1 aromatic rings. The number of benzene rings is 1. The molecule has 0 heterocycles. The Morgan fingerprint density at radius 1 is 1.00 bits per heavy atom. The number of aliphatic hydroxyl groups is 1. The summed E-state index contributed by atoms with van der Waals surface area (Å²) in [6.07, 6.45) is -0.340. The third-order valence-electron chi connectivity index (χ3n) is 10.4. The number of thioether (sulfide) groups is 1. The molecule has 3 nitrogen and oxygen atoms in total. The molecule has 0 aliphatic heterocycles. The lowest BCUT2D eigenvalue weighted by Gasteiger charge is -2.54. The second-order valence-corrected chi connectivity index (χ2v) is 14.5. The first-order chi connectivity index (χ1) is 19.7. The molecule has 7 atom stereocenters. The Balaban J connectivity index is 1.19. The number of alkyl halides is 6. The van der Waals surface area contributed by atoms with Crippen LogP contribution in [-0.2, 0) is 6.42 Å². The van der Waals surface area contributed by atoms with Crippen molar-refractivity contribution in [3.8, 4) is 5.75 Å². The van der Waals surface area contributed by atoms with Gasteiger partial charge in [0.15, 0.2) is 0 Å². The van der Waals surface area contributed by atoms with Crippen molar-refractivity contribution in [2.75, 3.05) is 31.6 Å². The molecule has 0 spiro atoms. The average Bonchev–Trinajstić information content (AvgIpc) is 3.20. The van der Waals surface area contributed by atoms with Crippen LogP contribution in [0.3, 0.4) is 0 Å². The second kappa shape index (κ2) is 13.9. The van der Waals surface area contributed by atoms with Crippen LogP contribution in [0.1, 0.15) is 88.2 Å². The van der Waals surface area contributed by atoms with Gasteiger partial charge in [0.25, 0.3) is 0 Å². The van der Waals surface area contributed by atoms with Gasteiger partial charge in [-0.3, -0.25) is 0 Å². The quantitative estimate of drug-likeness (QED) is 0.161. The Bertz CT molecular complexity index is 1030. The van der Waals surface area contributed by atoms with Crippen molar-refractivity contribution < 1.29 is 36.6 Å². The first kappa shape index (κ1) is 33.8. The maximum absolute atomic E-state index is 15.9. The smallest absolute Gasteiger partial charge is 0.453 e. The van der Waals surface area contributed by atoms with Gasteiger partial charge in [0.2, 0.25) is 0 Å². The van der Waals surface area contributed by atoms with E-state index < -0.39 is 30.8 Å². The van der Waals surface area contributed by atoms with E-state index in [1.165, 1.54) is 11.8 Å². The number of aromatic hydroxyl groups is 1. The molecule has 2 saturated carbocycles. The number of aliphatic hydroxyl groups excluding tert-OH is 1. The largest absolute Gasteiger partial charge is 0.508 e. The number of fused-ring (bicyclic) bond motifs is 5. The van der Waals surface area contributed by atoms with Gasteiger partial charge in [0, 0.05) is 12.3 Å². The van der Waals surface area contributed by atoms with Gasteiger partial charge >= 0.3 is 12.1 Å². The van der Waals surface area contributed by atoms with E-state index in [0.29, 0.717) is 24.0 Å². The highest BCUT2D eigenvalue weighted by molar-refractivity contribution is 7.99. The Kier molecular flexibility index (Phi) is 11.2. The first-order valence-corrected chi connectivity index (χ1v) is 16.7. The van der Waals surface area contributed by atoms with Gasteiger partial charge in [-0.2, -0.15) is 33.7 Å². The number of phenolic OH excluding ortho intramolecular Hbond substituents is 1. The van der Waals surface area contributed by atoms with E-state index in [1.807, 2.05) is 19.2 Å². The van der Waals surface area contributed by atoms with E-state index in [4.69, 9.17) is 0 Å². The number of halogens is 6. The molecule has 2 fully saturated rings. The standard InChI is InChI=1S/C32H47F6NO2S/c1-30-20-26(33)29-24-10-9-23(40)19-22(24)18-21(28(29)25(30)11-12-27(30)41)8-4-3-5-14-39(2)15-7-17-42-16-6-13-31(34,35)32(36,37)38/h9-10,19,21,25-29,40-41H,3-8,11-18,20H2,1-2H3/t21?,25-,26?,27?,28-,29-,30+/m0/s1. The summed E-state index contributed by atoms with van der Waals surface area (Å²) in [6.45, 7) is 3.86. The highest BCUT2D eigenvalue weighted by Crippen LogP contribution is 2.63. The zero-order chi connectivity index (χ0) is 30.7. The minimum atomic E-state index is -5.47. The molecule has 0 aromatic heterocycles. The van der Waals surface area contributed by atoms with Crippen LogP contribution in [0.2, 0.25) is 0 Å². The molecule has 3 aliphatic carbocycles. The van der Waals surface area contributed by atoms with E-state index in [9.17, 15) is 32.2 Å². The Morgan fingerprint density at radius 2 is 1.71 bits per heavy atom. The predicted molar refractivity (Wildman–Crippen MR) is 156 cm³/mol. The summed E-state index contributed by atoms with van der Waals surface area (Å²) < 4.78 is 78.5. The lowest BCUT2D eigenvalue weighted by atomic mass is 9.51. The van der Waals surface area contributed by atoms with Gasteiger partial charge in [-0.05, 0) is 129 Å². The Morgan fingerprint density at radius 3 is 2.45 bits per heavy atom. The molecular weight excluding hydrogens is 576 g/mol. The summed E-state index contributed by atoms with van der Waals surface area (Å²) in [4.78, 5) is 2.23. The lowest BCUT2D eigenvalue weighted by Crippen LogP contribution is -2.51. The number of rotatable bonds is 14. The van der Waals surface area contributed by atoms with Crippen molar-refractivity contribution in [3.63, 3.8) is 0 Å². The Hall–Kier alpha value is -1.13. The van der Waals surface area contributed by atoms with Gasteiger partial charge in [0.1, 0.15) is 11.9 Å². The fraction of sp³-hybridized carbons (Fsp3) is 0.812. The Labute approximate surface area is 250 Å². The monoisotopic (exact) mass is 623 g/mol. The SMILES string of the molecule is CN(CCCCCC1Cc2cc(O)ccc2[C@H]2C(F)C[C@@]3(C)C(O)CC[C@H]3[C@H]12)CCCSCCCC(F)(F)C(F)(F)F. The molecule has 42 heavy (non-hydrogen) atoms. The molecular formula is C32H47F6NO2S. The van der Waals surface area contributed by atoms with Crippen LogP contribution >= 0.6 is 11.8 Å². The van der Waals surface area contributed by atoms with E-state index in [1.54, 1.807) is 6.07 Å². The minimum absolute atomic E-state index is 0.158. The van der Waals surface area contributed by atoms with Gasteiger partial charge in [-0.1, -0.05) is 25.8 Å². The number of hydrogen-bond donors (Lipinski definition) is 2. The highest BCUT2D eigenvalue weighted by Gasteiger charge is 2.60. The number of phenols is 1. The molecule has 10 heteroatoms. The first-order valence-electron chi connectivity index (χ1n) is 15.6. The van der Waals surface area contributed by atoms with Gasteiger partial charge in [0.05, 0.1) is 6.10 Å². The van der Waals surface area contributed by atoms with Gasteiger partial charge < -0.3 is 15.1 Å². The summed E-state index contributed by atoms with van der Waals surface area (Å²) in [5.74, 6) is -2.70. The zero-order valence-electron chi connectivity index (χ0n) is 24.8. The third-order valence-corrected chi connectivity index (χ3v) is 11.6. The molecule has 0 amide bonds. The maximum Gasteiger partial charge on any atom is 0.453 e. The van der Waals surface area contributed by atoms with Crippen LogP contribution < -0.4 is 0 Å². The fourth-order valence-corrected chi connectivity index (χ4v) is 9.07. The normalized spacial score (nSPS) is 31.2. The van der Waals surface area contributed by atoms with Crippen molar-refractivity contribution in [1.29, 1.82) is 0 Å². The highest BCUT2D eigenvalue weighted by atomic mass is 32.2. The summed E-state index contributed by atoms with van der Waals surface area (Å²) in [6, 6.07) is 5.41. The summed E-state index contributed by atoms with van der Waals surface area (Å²) >= 11 is 1.42. The summed E-state index contributed by atoms with van der Waals surface area (Å²) in [5.41, 5.74) is 1.74. The van der Waals surface area contributed by atoms with Crippen LogP contribution in [0, 0.1) is 23.2 Å². The van der Waals surface area contributed by atoms with E-state index >= 15 is 4.39 Å². The number of hydrogen-bond acceptors (Lipinski definition) is 4. The number of unbranched alkanes of at least 4 members (excludes halogenated alkanes) is 2. The molecule has 4 rings (SSSR count). The maximum atomic E-state index is 15.9. The molecule has 240 valence electrons. The average molecular weight is 624 g/mol. The second-order valence-electron chi connectivity index (χ2n) is 13.3.